The van der Waals surface area contributed by atoms with E-state index in [2.05, 4.69) is 26.1 Å². The molecule has 0 rings (SSSR count). The molecule has 0 bridgehead atoms. The first-order valence-corrected chi connectivity index (χ1v) is 6.68. The third-order valence-corrected chi connectivity index (χ3v) is 4.06. The van der Waals surface area contributed by atoms with Crippen LogP contribution in [0.5, 0.6) is 0 Å². The van der Waals surface area contributed by atoms with Crippen LogP contribution in [0.25, 0.3) is 0 Å². The van der Waals surface area contributed by atoms with Gasteiger partial charge < -0.3 is 11.1 Å². The first-order valence-electron chi connectivity index (χ1n) is 5.63. The molecule has 2 unspecified atom stereocenters. The Morgan fingerprint density at radius 2 is 2.00 bits per heavy atom. The Kier molecular flexibility index (Phi) is 7.88. The molecular formula is C11H24N2OS. The minimum atomic E-state index is -0.241. The minimum Gasteiger partial charge on any atom is -0.368 e. The van der Waals surface area contributed by atoms with Crippen molar-refractivity contribution in [1.29, 1.82) is 0 Å². The molecule has 0 radical (unpaired) electrons. The van der Waals surface area contributed by atoms with Crippen LogP contribution < -0.4 is 11.1 Å². The molecule has 90 valence electrons. The number of nitrogens with one attached hydrogen (secondary N) is 1. The maximum absolute atomic E-state index is 11.0. The van der Waals surface area contributed by atoms with E-state index >= 15 is 0 Å². The molecule has 3 N–H and O–H groups in total. The zero-order valence-electron chi connectivity index (χ0n) is 10.2. The van der Waals surface area contributed by atoms with Gasteiger partial charge in [0.1, 0.15) is 0 Å². The molecule has 15 heavy (non-hydrogen) atoms. The van der Waals surface area contributed by atoms with Crippen LogP contribution >= 0.6 is 11.8 Å². The van der Waals surface area contributed by atoms with E-state index in [0.717, 1.165) is 18.7 Å². The van der Waals surface area contributed by atoms with E-state index in [0.29, 0.717) is 11.2 Å². The summed E-state index contributed by atoms with van der Waals surface area (Å²) in [5.74, 6) is 1.43. The van der Waals surface area contributed by atoms with E-state index in [-0.39, 0.29) is 11.9 Å². The summed E-state index contributed by atoms with van der Waals surface area (Å²) < 4.78 is 0. The van der Waals surface area contributed by atoms with Crippen molar-refractivity contribution >= 4 is 17.7 Å². The number of likely N-dealkylation sites (N-methyl/N-ethyl adjacent to an activating group) is 1. The Morgan fingerprint density at radius 3 is 2.40 bits per heavy atom. The second-order valence-corrected chi connectivity index (χ2v) is 5.61. The molecule has 0 aliphatic carbocycles. The zero-order valence-corrected chi connectivity index (χ0v) is 11.1. The molecule has 0 aliphatic heterocycles. The third kappa shape index (κ3) is 6.79. The largest absolute Gasteiger partial charge is 0.368 e. The fourth-order valence-electron chi connectivity index (χ4n) is 1.16. The summed E-state index contributed by atoms with van der Waals surface area (Å²) in [6.45, 7) is 9.43. The van der Waals surface area contributed by atoms with Crippen molar-refractivity contribution in [2.75, 3.05) is 12.3 Å². The lowest BCUT2D eigenvalue weighted by Gasteiger charge is -2.17. The van der Waals surface area contributed by atoms with Crippen molar-refractivity contribution < 1.29 is 4.79 Å². The summed E-state index contributed by atoms with van der Waals surface area (Å²) in [5.41, 5.74) is 5.29. The summed E-state index contributed by atoms with van der Waals surface area (Å²) in [5, 5.41) is 3.74. The second kappa shape index (κ2) is 7.99. The van der Waals surface area contributed by atoms with Crippen LogP contribution in [-0.4, -0.2) is 29.5 Å². The number of carbonyl (C=O) groups is 1. The smallest absolute Gasteiger partial charge is 0.234 e. The van der Waals surface area contributed by atoms with Gasteiger partial charge in [-0.2, -0.15) is 11.8 Å². The van der Waals surface area contributed by atoms with Crippen molar-refractivity contribution in [3.63, 3.8) is 0 Å². The molecule has 0 spiro atoms. The van der Waals surface area contributed by atoms with Crippen molar-refractivity contribution in [3.8, 4) is 0 Å². The highest BCUT2D eigenvalue weighted by atomic mass is 32.2. The van der Waals surface area contributed by atoms with E-state index in [1.807, 2.05) is 18.7 Å². The lowest BCUT2D eigenvalue weighted by molar-refractivity contribution is -0.120. The van der Waals surface area contributed by atoms with Gasteiger partial charge in [0.15, 0.2) is 0 Å². The van der Waals surface area contributed by atoms with Crippen molar-refractivity contribution in [2.45, 2.75) is 45.4 Å². The van der Waals surface area contributed by atoms with Crippen LogP contribution in [0.1, 0.15) is 34.1 Å². The van der Waals surface area contributed by atoms with Gasteiger partial charge in [-0.15, -0.1) is 0 Å². The molecule has 0 aromatic heterocycles. The summed E-state index contributed by atoms with van der Waals surface area (Å²) in [6, 6.07) is -0.165. The zero-order chi connectivity index (χ0) is 11.8. The molecule has 0 aromatic carbocycles. The van der Waals surface area contributed by atoms with Gasteiger partial charge in [-0.25, -0.2) is 0 Å². The summed E-state index contributed by atoms with van der Waals surface area (Å²) >= 11 is 1.91. The van der Waals surface area contributed by atoms with Crippen molar-refractivity contribution in [3.05, 3.63) is 0 Å². The number of rotatable bonds is 8. The van der Waals surface area contributed by atoms with Gasteiger partial charge in [-0.3, -0.25) is 4.79 Å². The lowest BCUT2D eigenvalue weighted by atomic mass is 10.2. The fourth-order valence-corrected chi connectivity index (χ4v) is 2.28. The second-order valence-electron chi connectivity index (χ2n) is 4.12. The van der Waals surface area contributed by atoms with Gasteiger partial charge in [-0.05, 0) is 24.6 Å². The highest BCUT2D eigenvalue weighted by Crippen LogP contribution is 2.19. The lowest BCUT2D eigenvalue weighted by Crippen LogP contribution is -2.41. The number of carbonyl (C=O) groups excluding carboxylic acids is 1. The summed E-state index contributed by atoms with van der Waals surface area (Å²) in [7, 11) is 0. The quantitative estimate of drug-likeness (QED) is 0.668. The van der Waals surface area contributed by atoms with E-state index < -0.39 is 0 Å². The maximum Gasteiger partial charge on any atom is 0.234 e. The molecule has 0 fully saturated rings. The molecule has 0 saturated heterocycles. The van der Waals surface area contributed by atoms with Crippen LogP contribution in [0.4, 0.5) is 0 Å². The molecular weight excluding hydrogens is 208 g/mol. The highest BCUT2D eigenvalue weighted by molar-refractivity contribution is 7.99. The molecule has 4 heteroatoms. The van der Waals surface area contributed by atoms with E-state index in [1.165, 1.54) is 0 Å². The van der Waals surface area contributed by atoms with E-state index in [4.69, 9.17) is 5.73 Å². The third-order valence-electron chi connectivity index (χ3n) is 2.52. The average Bonchev–Trinajstić information content (AvgIpc) is 2.15. The van der Waals surface area contributed by atoms with Crippen LogP contribution in [-0.2, 0) is 4.79 Å². The predicted molar refractivity (Wildman–Crippen MR) is 68.0 cm³/mol. The van der Waals surface area contributed by atoms with Crippen LogP contribution in [0.2, 0.25) is 0 Å². The Morgan fingerprint density at radius 1 is 1.40 bits per heavy atom. The van der Waals surface area contributed by atoms with Gasteiger partial charge >= 0.3 is 0 Å². The Balaban J connectivity index is 3.75. The molecule has 0 saturated carbocycles. The molecule has 0 aliphatic rings. The number of thioether (sulfide) groups is 1. The maximum atomic E-state index is 11.0. The van der Waals surface area contributed by atoms with Gasteiger partial charge in [0.2, 0.25) is 5.91 Å². The highest BCUT2D eigenvalue weighted by Gasteiger charge is 2.14. The Bertz CT molecular complexity index is 185. The minimum absolute atomic E-state index is 0.165. The monoisotopic (exact) mass is 232 g/mol. The summed E-state index contributed by atoms with van der Waals surface area (Å²) in [6.07, 6.45) is 0.824. The molecule has 0 aromatic rings. The molecule has 1 amide bonds. The molecule has 0 heterocycles. The first-order chi connectivity index (χ1) is 6.99. The average molecular weight is 232 g/mol. The Hall–Kier alpha value is -0.220. The molecule has 2 atom stereocenters. The van der Waals surface area contributed by atoms with Gasteiger partial charge in [0.05, 0.1) is 6.04 Å². The van der Waals surface area contributed by atoms with Crippen molar-refractivity contribution in [1.82, 2.24) is 5.32 Å². The van der Waals surface area contributed by atoms with E-state index in [9.17, 15) is 4.79 Å². The molecule has 3 nitrogen and oxygen atoms in total. The fraction of sp³-hybridized carbons (Fsp3) is 0.909. The van der Waals surface area contributed by atoms with Crippen LogP contribution in [0.15, 0.2) is 0 Å². The van der Waals surface area contributed by atoms with E-state index in [1.54, 1.807) is 0 Å². The number of primary amides is 1. The number of amides is 1. The van der Waals surface area contributed by atoms with Gasteiger partial charge in [0.25, 0.3) is 0 Å². The number of hydrogen-bond donors (Lipinski definition) is 2. The van der Waals surface area contributed by atoms with Crippen molar-refractivity contribution in [2.24, 2.45) is 11.7 Å². The topological polar surface area (TPSA) is 55.1 Å². The van der Waals surface area contributed by atoms with Crippen LogP contribution in [0.3, 0.4) is 0 Å². The Labute approximate surface area is 97.6 Å². The van der Waals surface area contributed by atoms with Gasteiger partial charge in [0, 0.05) is 5.25 Å². The standard InChI is InChI=1S/C11H24N2OS/c1-5-13-10(11(12)14)6-7-15-9(4)8(2)3/h8-10,13H,5-7H2,1-4H3,(H2,12,14). The first kappa shape index (κ1) is 14.8. The SMILES string of the molecule is CCNC(CCSC(C)C(C)C)C(N)=O. The number of nitrogens with two attached hydrogens (primary N) is 1. The van der Waals surface area contributed by atoms with Crippen LogP contribution in [0, 0.1) is 5.92 Å². The predicted octanol–water partition coefficient (Wildman–Crippen LogP) is 1.62. The van der Waals surface area contributed by atoms with Gasteiger partial charge in [-0.1, -0.05) is 27.7 Å². The normalized spacial score (nSPS) is 15.3. The number of hydrogen-bond acceptors (Lipinski definition) is 3. The summed E-state index contributed by atoms with van der Waals surface area (Å²) in [4.78, 5) is 11.0.